The summed E-state index contributed by atoms with van der Waals surface area (Å²) in [6.07, 6.45) is 0.607. The summed E-state index contributed by atoms with van der Waals surface area (Å²) in [6, 6.07) is 9.65. The van der Waals surface area contributed by atoms with Crippen LogP contribution < -0.4 is 0 Å². The molecule has 0 aliphatic rings. The second kappa shape index (κ2) is 7.45. The average Bonchev–Trinajstić information content (AvgIpc) is 2.18. The van der Waals surface area contributed by atoms with E-state index in [4.69, 9.17) is 15.0 Å². The van der Waals surface area contributed by atoms with Gasteiger partial charge in [0.1, 0.15) is 0 Å². The minimum atomic E-state index is -0.833. The fraction of sp³-hybridized carbons (Fsp3) is 0.333. The minimum absolute atomic E-state index is 0.299. The van der Waals surface area contributed by atoms with Crippen LogP contribution in [-0.2, 0) is 16.0 Å². The molecular weight excluding hydrogens is 208 g/mol. The van der Waals surface area contributed by atoms with E-state index < -0.39 is 11.9 Å². The van der Waals surface area contributed by atoms with Crippen molar-refractivity contribution in [3.63, 3.8) is 0 Å². The zero-order valence-corrected chi connectivity index (χ0v) is 9.38. The Morgan fingerprint density at radius 1 is 1.19 bits per heavy atom. The van der Waals surface area contributed by atoms with Crippen molar-refractivity contribution in [3.8, 4) is 0 Å². The van der Waals surface area contributed by atoms with E-state index in [1.807, 2.05) is 30.3 Å². The van der Waals surface area contributed by atoms with Crippen LogP contribution in [0.5, 0.6) is 0 Å². The van der Waals surface area contributed by atoms with Gasteiger partial charge in [0.05, 0.1) is 5.92 Å². The average molecular weight is 224 g/mol. The van der Waals surface area contributed by atoms with Crippen LogP contribution >= 0.6 is 0 Å². The summed E-state index contributed by atoms with van der Waals surface area (Å²) in [5.41, 5.74) is 1.08. The molecule has 1 unspecified atom stereocenters. The fourth-order valence-corrected chi connectivity index (χ4v) is 1.05. The van der Waals surface area contributed by atoms with Gasteiger partial charge in [0.15, 0.2) is 0 Å². The van der Waals surface area contributed by atoms with Gasteiger partial charge in [0.25, 0.3) is 5.97 Å². The zero-order chi connectivity index (χ0) is 12.6. The number of carboxylic acids is 2. The molecule has 2 N–H and O–H groups in total. The molecule has 0 saturated heterocycles. The highest BCUT2D eigenvalue weighted by molar-refractivity contribution is 5.69. The van der Waals surface area contributed by atoms with Gasteiger partial charge in [-0.05, 0) is 12.0 Å². The Balaban J connectivity index is 0.000000487. The Labute approximate surface area is 94.5 Å². The first-order valence-electron chi connectivity index (χ1n) is 4.89. The molecule has 0 heterocycles. The van der Waals surface area contributed by atoms with Crippen LogP contribution in [0.4, 0.5) is 0 Å². The summed E-state index contributed by atoms with van der Waals surface area (Å²) < 4.78 is 0. The van der Waals surface area contributed by atoms with Gasteiger partial charge in [-0.15, -0.1) is 0 Å². The molecule has 0 saturated carbocycles. The second-order valence-corrected chi connectivity index (χ2v) is 3.45. The van der Waals surface area contributed by atoms with E-state index in [9.17, 15) is 4.79 Å². The lowest BCUT2D eigenvalue weighted by molar-refractivity contribution is -0.141. The Morgan fingerprint density at radius 3 is 2.00 bits per heavy atom. The van der Waals surface area contributed by atoms with Crippen molar-refractivity contribution in [1.82, 2.24) is 0 Å². The van der Waals surface area contributed by atoms with E-state index in [0.29, 0.717) is 6.42 Å². The van der Waals surface area contributed by atoms with Crippen LogP contribution in [0.3, 0.4) is 0 Å². The predicted molar refractivity (Wildman–Crippen MR) is 60.3 cm³/mol. The third kappa shape index (κ3) is 7.55. The lowest BCUT2D eigenvalue weighted by Crippen LogP contribution is -2.11. The first kappa shape index (κ1) is 14.2. The summed E-state index contributed by atoms with van der Waals surface area (Å²) in [7, 11) is 0. The van der Waals surface area contributed by atoms with Crippen molar-refractivity contribution in [2.24, 2.45) is 5.92 Å². The molecule has 0 bridgehead atoms. The fourth-order valence-electron chi connectivity index (χ4n) is 1.05. The number of carboxylic acid groups (broad SMARTS) is 2. The molecule has 0 aliphatic heterocycles. The summed E-state index contributed by atoms with van der Waals surface area (Å²) in [5.74, 6) is -1.87. The number of benzene rings is 1. The summed E-state index contributed by atoms with van der Waals surface area (Å²) in [6.45, 7) is 2.80. The molecule has 0 fully saturated rings. The van der Waals surface area contributed by atoms with Crippen LogP contribution in [0.2, 0.25) is 0 Å². The molecule has 4 heteroatoms. The van der Waals surface area contributed by atoms with Gasteiger partial charge in [-0.25, -0.2) is 0 Å². The maximum Gasteiger partial charge on any atom is 0.306 e. The van der Waals surface area contributed by atoms with Crippen LogP contribution in [0.15, 0.2) is 30.3 Å². The molecule has 0 radical (unpaired) electrons. The summed E-state index contributed by atoms with van der Waals surface area (Å²) >= 11 is 0. The highest BCUT2D eigenvalue weighted by Gasteiger charge is 2.10. The van der Waals surface area contributed by atoms with E-state index in [1.54, 1.807) is 6.92 Å². The van der Waals surface area contributed by atoms with Gasteiger partial charge >= 0.3 is 5.97 Å². The molecule has 1 atom stereocenters. The van der Waals surface area contributed by atoms with Gasteiger partial charge < -0.3 is 10.2 Å². The normalized spacial score (nSPS) is 10.9. The minimum Gasteiger partial charge on any atom is -0.481 e. The Bertz CT molecular complexity index is 328. The van der Waals surface area contributed by atoms with Crippen molar-refractivity contribution in [1.29, 1.82) is 0 Å². The molecule has 4 nitrogen and oxygen atoms in total. The lowest BCUT2D eigenvalue weighted by Gasteiger charge is -2.04. The standard InChI is InChI=1S/C10H12O2.C2H4O2/c1-8(10(11)12)7-9-5-3-2-4-6-9;1-2(3)4/h2-6,8H,7H2,1H3,(H,11,12);1H3,(H,3,4). The van der Waals surface area contributed by atoms with Gasteiger partial charge in [0, 0.05) is 6.92 Å². The van der Waals surface area contributed by atoms with Gasteiger partial charge in [-0.2, -0.15) is 0 Å². The molecular formula is C12H16O4. The second-order valence-electron chi connectivity index (χ2n) is 3.45. The third-order valence-corrected chi connectivity index (χ3v) is 1.81. The number of hydrogen-bond donors (Lipinski definition) is 2. The molecule has 0 spiro atoms. The smallest absolute Gasteiger partial charge is 0.306 e. The number of aliphatic carboxylic acids is 2. The van der Waals surface area contributed by atoms with Crippen molar-refractivity contribution in [3.05, 3.63) is 35.9 Å². The number of carbonyl (C=O) groups is 2. The number of hydrogen-bond acceptors (Lipinski definition) is 2. The molecule has 1 aromatic carbocycles. The monoisotopic (exact) mass is 224 g/mol. The van der Waals surface area contributed by atoms with Crippen LogP contribution in [-0.4, -0.2) is 22.2 Å². The van der Waals surface area contributed by atoms with E-state index >= 15 is 0 Å². The first-order valence-corrected chi connectivity index (χ1v) is 4.89. The van der Waals surface area contributed by atoms with Crippen molar-refractivity contribution >= 4 is 11.9 Å². The third-order valence-electron chi connectivity index (χ3n) is 1.81. The van der Waals surface area contributed by atoms with Crippen LogP contribution in [0.1, 0.15) is 19.4 Å². The van der Waals surface area contributed by atoms with Gasteiger partial charge in [-0.3, -0.25) is 9.59 Å². The van der Waals surface area contributed by atoms with Crippen molar-refractivity contribution in [2.45, 2.75) is 20.3 Å². The Morgan fingerprint density at radius 2 is 1.62 bits per heavy atom. The van der Waals surface area contributed by atoms with E-state index in [1.165, 1.54) is 0 Å². The molecule has 0 aliphatic carbocycles. The van der Waals surface area contributed by atoms with E-state index in [-0.39, 0.29) is 5.92 Å². The lowest BCUT2D eigenvalue weighted by atomic mass is 10.0. The molecule has 1 rings (SSSR count). The highest BCUT2D eigenvalue weighted by atomic mass is 16.4. The molecule has 1 aromatic rings. The number of rotatable bonds is 3. The van der Waals surface area contributed by atoms with Crippen LogP contribution in [0, 0.1) is 5.92 Å². The molecule has 0 aromatic heterocycles. The van der Waals surface area contributed by atoms with E-state index in [2.05, 4.69) is 0 Å². The van der Waals surface area contributed by atoms with Gasteiger partial charge in [-0.1, -0.05) is 37.3 Å². The molecule has 88 valence electrons. The maximum absolute atomic E-state index is 10.5. The first-order chi connectivity index (χ1) is 7.43. The van der Waals surface area contributed by atoms with Crippen molar-refractivity contribution in [2.75, 3.05) is 0 Å². The SMILES string of the molecule is CC(=O)O.CC(Cc1ccccc1)C(=O)O. The molecule has 0 amide bonds. The maximum atomic E-state index is 10.5. The summed E-state index contributed by atoms with van der Waals surface area (Å²) in [4.78, 5) is 19.5. The van der Waals surface area contributed by atoms with Crippen LogP contribution in [0.25, 0.3) is 0 Å². The van der Waals surface area contributed by atoms with Gasteiger partial charge in [0.2, 0.25) is 0 Å². The Kier molecular flexibility index (Phi) is 6.59. The zero-order valence-electron chi connectivity index (χ0n) is 9.38. The quantitative estimate of drug-likeness (QED) is 0.823. The Hall–Kier alpha value is -1.84. The van der Waals surface area contributed by atoms with E-state index in [0.717, 1.165) is 12.5 Å². The predicted octanol–water partition coefficient (Wildman–Crippen LogP) is 2.04. The largest absolute Gasteiger partial charge is 0.481 e. The summed E-state index contributed by atoms with van der Waals surface area (Å²) in [5, 5.41) is 16.1. The highest BCUT2D eigenvalue weighted by Crippen LogP contribution is 2.07. The van der Waals surface area contributed by atoms with Crippen molar-refractivity contribution < 1.29 is 19.8 Å². The topological polar surface area (TPSA) is 74.6 Å². The molecule has 16 heavy (non-hydrogen) atoms.